The summed E-state index contributed by atoms with van der Waals surface area (Å²) in [6.07, 6.45) is 0. The van der Waals surface area contributed by atoms with Crippen LogP contribution in [0.3, 0.4) is 0 Å². The summed E-state index contributed by atoms with van der Waals surface area (Å²) in [5.41, 5.74) is 9.27. The van der Waals surface area contributed by atoms with Gasteiger partial charge in [-0.2, -0.15) is 0 Å². The molecule has 0 aliphatic heterocycles. The lowest BCUT2D eigenvalue weighted by atomic mass is 10.1. The molecule has 0 aliphatic carbocycles. The third kappa shape index (κ3) is 3.95. The van der Waals surface area contributed by atoms with Gasteiger partial charge in [0, 0.05) is 11.6 Å². The number of hydrogen-bond acceptors (Lipinski definition) is 3. The Labute approximate surface area is 107 Å². The van der Waals surface area contributed by atoms with Crippen molar-refractivity contribution >= 4 is 11.6 Å². The van der Waals surface area contributed by atoms with Crippen molar-refractivity contribution in [2.75, 3.05) is 13.7 Å². The van der Waals surface area contributed by atoms with E-state index in [2.05, 4.69) is 0 Å². The number of ether oxygens (including phenoxy) is 2. The minimum absolute atomic E-state index is 0.0255. The molecule has 0 amide bonds. The highest BCUT2D eigenvalue weighted by molar-refractivity contribution is 6.25. The number of hydrogen-bond donors (Lipinski definition) is 1. The molecule has 0 bridgehead atoms. The number of halogens is 1. The van der Waals surface area contributed by atoms with E-state index in [0.717, 1.165) is 11.1 Å². The quantitative estimate of drug-likeness (QED) is 0.879. The standard InChI is InChI=1S/C13H18ClNO2/c1-9(7-14)8-17-12-5-4-11(10(2)15)6-13(12)16-3/h4-7,10H,8,15H2,1-3H3/b9-7+/t10-/m1/s1. The average molecular weight is 256 g/mol. The zero-order valence-electron chi connectivity index (χ0n) is 10.4. The van der Waals surface area contributed by atoms with Gasteiger partial charge in [-0.25, -0.2) is 0 Å². The maximum Gasteiger partial charge on any atom is 0.161 e. The molecule has 1 rings (SSSR count). The van der Waals surface area contributed by atoms with Gasteiger partial charge < -0.3 is 15.2 Å². The highest BCUT2D eigenvalue weighted by atomic mass is 35.5. The fourth-order valence-electron chi connectivity index (χ4n) is 1.31. The monoisotopic (exact) mass is 255 g/mol. The van der Waals surface area contributed by atoms with Gasteiger partial charge in [0.25, 0.3) is 0 Å². The first-order valence-corrected chi connectivity index (χ1v) is 5.84. The summed E-state index contributed by atoms with van der Waals surface area (Å²) in [4.78, 5) is 0. The Bertz CT molecular complexity index is 402. The van der Waals surface area contributed by atoms with Gasteiger partial charge in [-0.1, -0.05) is 17.7 Å². The van der Waals surface area contributed by atoms with E-state index >= 15 is 0 Å². The summed E-state index contributed by atoms with van der Waals surface area (Å²) >= 11 is 5.57. The second-order valence-electron chi connectivity index (χ2n) is 3.94. The second-order valence-corrected chi connectivity index (χ2v) is 4.16. The fourth-order valence-corrected chi connectivity index (χ4v) is 1.37. The van der Waals surface area contributed by atoms with Crippen molar-refractivity contribution in [1.29, 1.82) is 0 Å². The average Bonchev–Trinajstić information content (AvgIpc) is 2.35. The van der Waals surface area contributed by atoms with Crippen LogP contribution in [0.5, 0.6) is 11.5 Å². The van der Waals surface area contributed by atoms with Gasteiger partial charge in [-0.3, -0.25) is 0 Å². The number of benzene rings is 1. The molecule has 1 aromatic rings. The number of rotatable bonds is 5. The fraction of sp³-hybridized carbons (Fsp3) is 0.385. The van der Waals surface area contributed by atoms with Gasteiger partial charge >= 0.3 is 0 Å². The van der Waals surface area contributed by atoms with Crippen molar-refractivity contribution in [3.8, 4) is 11.5 Å². The number of methoxy groups -OCH3 is 1. The zero-order chi connectivity index (χ0) is 12.8. The molecule has 0 aromatic heterocycles. The molecule has 0 aliphatic rings. The lowest BCUT2D eigenvalue weighted by Crippen LogP contribution is -2.06. The van der Waals surface area contributed by atoms with E-state index in [1.54, 1.807) is 7.11 Å². The second kappa shape index (κ2) is 6.52. The van der Waals surface area contributed by atoms with Crippen LogP contribution in [0.2, 0.25) is 0 Å². The van der Waals surface area contributed by atoms with Crippen LogP contribution >= 0.6 is 11.6 Å². The molecular weight excluding hydrogens is 238 g/mol. The van der Waals surface area contributed by atoms with Crippen LogP contribution in [0.1, 0.15) is 25.5 Å². The van der Waals surface area contributed by atoms with Crippen LogP contribution in [0.25, 0.3) is 0 Å². The zero-order valence-corrected chi connectivity index (χ0v) is 11.1. The van der Waals surface area contributed by atoms with Crippen LogP contribution in [0.15, 0.2) is 29.3 Å². The van der Waals surface area contributed by atoms with Crippen molar-refractivity contribution in [2.24, 2.45) is 5.73 Å². The molecule has 1 atom stereocenters. The molecule has 0 saturated carbocycles. The minimum Gasteiger partial charge on any atom is -0.493 e. The summed E-state index contributed by atoms with van der Waals surface area (Å²) < 4.78 is 10.9. The maximum atomic E-state index is 5.81. The van der Waals surface area contributed by atoms with E-state index in [0.29, 0.717) is 18.1 Å². The smallest absolute Gasteiger partial charge is 0.161 e. The molecule has 0 spiro atoms. The third-order valence-electron chi connectivity index (χ3n) is 2.36. The van der Waals surface area contributed by atoms with Crippen LogP contribution in [-0.2, 0) is 0 Å². The van der Waals surface area contributed by atoms with Crippen molar-refractivity contribution in [3.05, 3.63) is 34.9 Å². The Morgan fingerprint density at radius 2 is 2.18 bits per heavy atom. The van der Waals surface area contributed by atoms with Crippen molar-refractivity contribution in [1.82, 2.24) is 0 Å². The molecule has 0 radical (unpaired) electrons. The first-order valence-electron chi connectivity index (χ1n) is 5.40. The van der Waals surface area contributed by atoms with Gasteiger partial charge in [0.2, 0.25) is 0 Å². The van der Waals surface area contributed by atoms with Gasteiger partial charge in [-0.15, -0.1) is 0 Å². The van der Waals surface area contributed by atoms with E-state index in [1.807, 2.05) is 32.0 Å². The summed E-state index contributed by atoms with van der Waals surface area (Å²) in [6, 6.07) is 5.66. The minimum atomic E-state index is -0.0255. The number of nitrogens with two attached hydrogens (primary N) is 1. The molecule has 94 valence electrons. The lowest BCUT2D eigenvalue weighted by molar-refractivity contribution is 0.319. The highest BCUT2D eigenvalue weighted by Gasteiger charge is 2.08. The normalized spacial score (nSPS) is 13.4. The molecule has 17 heavy (non-hydrogen) atoms. The Morgan fingerprint density at radius 1 is 1.47 bits per heavy atom. The molecule has 1 aromatic carbocycles. The molecule has 0 saturated heterocycles. The van der Waals surface area contributed by atoms with E-state index in [1.165, 1.54) is 5.54 Å². The Balaban J connectivity index is 2.85. The van der Waals surface area contributed by atoms with E-state index in [-0.39, 0.29) is 6.04 Å². The Hall–Kier alpha value is -1.19. The van der Waals surface area contributed by atoms with Crippen LogP contribution < -0.4 is 15.2 Å². The molecule has 0 fully saturated rings. The third-order valence-corrected chi connectivity index (χ3v) is 2.73. The predicted octanol–water partition coefficient (Wildman–Crippen LogP) is 3.24. The Morgan fingerprint density at radius 3 is 2.71 bits per heavy atom. The predicted molar refractivity (Wildman–Crippen MR) is 70.7 cm³/mol. The summed E-state index contributed by atoms with van der Waals surface area (Å²) in [5.74, 6) is 1.37. The summed E-state index contributed by atoms with van der Waals surface area (Å²) in [7, 11) is 1.61. The van der Waals surface area contributed by atoms with Gasteiger partial charge in [0.05, 0.1) is 7.11 Å². The topological polar surface area (TPSA) is 44.5 Å². The molecule has 0 heterocycles. The summed E-state index contributed by atoms with van der Waals surface area (Å²) in [6.45, 7) is 4.27. The van der Waals surface area contributed by atoms with Crippen LogP contribution in [0.4, 0.5) is 0 Å². The van der Waals surface area contributed by atoms with E-state index in [9.17, 15) is 0 Å². The molecule has 0 unspecified atom stereocenters. The van der Waals surface area contributed by atoms with Gasteiger partial charge in [0.1, 0.15) is 6.61 Å². The molecule has 3 nitrogen and oxygen atoms in total. The van der Waals surface area contributed by atoms with Crippen molar-refractivity contribution in [2.45, 2.75) is 19.9 Å². The first kappa shape index (κ1) is 13.9. The summed E-state index contributed by atoms with van der Waals surface area (Å²) in [5, 5.41) is 0. The van der Waals surface area contributed by atoms with Gasteiger partial charge in [0.15, 0.2) is 11.5 Å². The van der Waals surface area contributed by atoms with Crippen LogP contribution in [0, 0.1) is 0 Å². The van der Waals surface area contributed by atoms with Crippen molar-refractivity contribution in [3.63, 3.8) is 0 Å². The van der Waals surface area contributed by atoms with Gasteiger partial charge in [-0.05, 0) is 37.1 Å². The van der Waals surface area contributed by atoms with E-state index in [4.69, 9.17) is 26.8 Å². The van der Waals surface area contributed by atoms with Crippen LogP contribution in [-0.4, -0.2) is 13.7 Å². The first-order chi connectivity index (χ1) is 8.08. The van der Waals surface area contributed by atoms with Crippen molar-refractivity contribution < 1.29 is 9.47 Å². The lowest BCUT2D eigenvalue weighted by Gasteiger charge is -2.13. The highest BCUT2D eigenvalue weighted by Crippen LogP contribution is 2.30. The molecule has 4 heteroatoms. The molecular formula is C13H18ClNO2. The van der Waals surface area contributed by atoms with E-state index < -0.39 is 0 Å². The Kier molecular flexibility index (Phi) is 5.32. The molecule has 2 N–H and O–H groups in total. The maximum absolute atomic E-state index is 5.81. The largest absolute Gasteiger partial charge is 0.493 e. The SMILES string of the molecule is COc1cc([C@@H](C)N)ccc1OC/C(C)=C/Cl.